The summed E-state index contributed by atoms with van der Waals surface area (Å²) < 4.78 is 0. The van der Waals surface area contributed by atoms with Gasteiger partial charge in [0.05, 0.1) is 0 Å². The molecular weight excluding hydrogens is 260 g/mol. The van der Waals surface area contributed by atoms with Crippen molar-refractivity contribution in [3.63, 3.8) is 0 Å². The second kappa shape index (κ2) is 7.43. The van der Waals surface area contributed by atoms with E-state index in [2.05, 4.69) is 41.0 Å². The van der Waals surface area contributed by atoms with E-state index in [1.807, 2.05) is 42.5 Å². The Labute approximate surface area is 126 Å². The van der Waals surface area contributed by atoms with Crippen LogP contribution in [0.3, 0.4) is 0 Å². The van der Waals surface area contributed by atoms with Crippen LogP contribution >= 0.6 is 0 Å². The van der Waals surface area contributed by atoms with Crippen molar-refractivity contribution in [2.75, 3.05) is 23.7 Å². The standard InChI is InChI=1S/C17H22N4/c1-4-10-18-15-11-16(19-12-13(2)3)21-17(20-15)14-8-6-5-7-9-14/h4-9,11,13H,1,10,12H2,2-3H3,(H2,18,19,20,21). The van der Waals surface area contributed by atoms with E-state index in [0.29, 0.717) is 12.5 Å². The molecule has 1 aromatic heterocycles. The molecule has 0 atom stereocenters. The van der Waals surface area contributed by atoms with Crippen LogP contribution < -0.4 is 10.6 Å². The molecule has 0 spiro atoms. The number of anilines is 2. The summed E-state index contributed by atoms with van der Waals surface area (Å²) in [6.07, 6.45) is 1.81. The Kier molecular flexibility index (Phi) is 5.32. The van der Waals surface area contributed by atoms with E-state index in [0.717, 1.165) is 29.6 Å². The number of hydrogen-bond donors (Lipinski definition) is 2. The van der Waals surface area contributed by atoms with Crippen LogP contribution in [0.1, 0.15) is 13.8 Å². The van der Waals surface area contributed by atoms with Crippen LogP contribution in [0, 0.1) is 5.92 Å². The Bertz CT molecular complexity index is 579. The maximum absolute atomic E-state index is 4.60. The van der Waals surface area contributed by atoms with Gasteiger partial charge in [0.15, 0.2) is 5.82 Å². The third-order valence-corrected chi connectivity index (χ3v) is 2.88. The summed E-state index contributed by atoms with van der Waals surface area (Å²) in [4.78, 5) is 9.15. The predicted molar refractivity (Wildman–Crippen MR) is 89.5 cm³/mol. The van der Waals surface area contributed by atoms with Crippen LogP contribution in [0.15, 0.2) is 49.1 Å². The Balaban J connectivity index is 2.30. The number of nitrogens with one attached hydrogen (secondary N) is 2. The van der Waals surface area contributed by atoms with Crippen molar-refractivity contribution in [1.82, 2.24) is 9.97 Å². The van der Waals surface area contributed by atoms with E-state index in [1.165, 1.54) is 0 Å². The maximum atomic E-state index is 4.60. The van der Waals surface area contributed by atoms with Gasteiger partial charge in [0.1, 0.15) is 11.6 Å². The van der Waals surface area contributed by atoms with Gasteiger partial charge in [-0.25, -0.2) is 9.97 Å². The van der Waals surface area contributed by atoms with E-state index in [9.17, 15) is 0 Å². The van der Waals surface area contributed by atoms with Gasteiger partial charge in [0.25, 0.3) is 0 Å². The molecule has 4 nitrogen and oxygen atoms in total. The average Bonchev–Trinajstić information content (AvgIpc) is 2.51. The summed E-state index contributed by atoms with van der Waals surface area (Å²) in [5.41, 5.74) is 1.01. The van der Waals surface area contributed by atoms with E-state index in [1.54, 1.807) is 0 Å². The molecule has 0 unspecified atom stereocenters. The molecule has 0 aliphatic rings. The van der Waals surface area contributed by atoms with Crippen molar-refractivity contribution in [3.05, 3.63) is 49.1 Å². The average molecular weight is 282 g/mol. The number of aromatic nitrogens is 2. The molecule has 0 fully saturated rings. The lowest BCUT2D eigenvalue weighted by molar-refractivity contribution is 0.687. The van der Waals surface area contributed by atoms with Crippen LogP contribution in [0.25, 0.3) is 11.4 Å². The summed E-state index contributed by atoms with van der Waals surface area (Å²) in [6, 6.07) is 11.9. The molecule has 2 aromatic rings. The first-order chi connectivity index (χ1) is 10.2. The Morgan fingerprint density at radius 2 is 1.76 bits per heavy atom. The number of benzene rings is 1. The summed E-state index contributed by atoms with van der Waals surface area (Å²) in [7, 11) is 0. The summed E-state index contributed by atoms with van der Waals surface area (Å²) in [5, 5.41) is 6.58. The van der Waals surface area contributed by atoms with Crippen LogP contribution in [-0.4, -0.2) is 23.1 Å². The molecule has 4 heteroatoms. The molecular formula is C17H22N4. The van der Waals surface area contributed by atoms with Gasteiger partial charge in [-0.1, -0.05) is 50.3 Å². The lowest BCUT2D eigenvalue weighted by Crippen LogP contribution is -2.11. The fourth-order valence-corrected chi connectivity index (χ4v) is 1.83. The highest BCUT2D eigenvalue weighted by Gasteiger charge is 2.06. The topological polar surface area (TPSA) is 49.8 Å². The van der Waals surface area contributed by atoms with Crippen LogP contribution in [-0.2, 0) is 0 Å². The highest BCUT2D eigenvalue weighted by atomic mass is 15.1. The van der Waals surface area contributed by atoms with Crippen molar-refractivity contribution in [3.8, 4) is 11.4 Å². The largest absolute Gasteiger partial charge is 0.370 e. The van der Waals surface area contributed by atoms with Gasteiger partial charge in [-0.05, 0) is 5.92 Å². The molecule has 1 heterocycles. The van der Waals surface area contributed by atoms with Gasteiger partial charge >= 0.3 is 0 Å². The second-order valence-electron chi connectivity index (χ2n) is 5.27. The van der Waals surface area contributed by atoms with E-state index in [4.69, 9.17) is 0 Å². The highest BCUT2D eigenvalue weighted by molar-refractivity contribution is 5.61. The van der Waals surface area contributed by atoms with Gasteiger partial charge in [-0.15, -0.1) is 6.58 Å². The SMILES string of the molecule is C=CCNc1cc(NCC(C)C)nc(-c2ccccc2)n1. The van der Waals surface area contributed by atoms with E-state index >= 15 is 0 Å². The van der Waals surface area contributed by atoms with E-state index in [-0.39, 0.29) is 0 Å². The fraction of sp³-hybridized carbons (Fsp3) is 0.294. The van der Waals surface area contributed by atoms with Crippen molar-refractivity contribution in [2.45, 2.75) is 13.8 Å². The lowest BCUT2D eigenvalue weighted by Gasteiger charge is -2.12. The fourth-order valence-electron chi connectivity index (χ4n) is 1.83. The first kappa shape index (κ1) is 15.0. The smallest absolute Gasteiger partial charge is 0.163 e. The van der Waals surface area contributed by atoms with Gasteiger partial charge in [0.2, 0.25) is 0 Å². The van der Waals surface area contributed by atoms with Crippen LogP contribution in [0.5, 0.6) is 0 Å². The van der Waals surface area contributed by atoms with Crippen LogP contribution in [0.2, 0.25) is 0 Å². The van der Waals surface area contributed by atoms with Crippen molar-refractivity contribution in [2.24, 2.45) is 5.92 Å². The van der Waals surface area contributed by atoms with Crippen LogP contribution in [0.4, 0.5) is 11.6 Å². The molecule has 1 aromatic carbocycles. The van der Waals surface area contributed by atoms with Crippen molar-refractivity contribution < 1.29 is 0 Å². The summed E-state index contributed by atoms with van der Waals surface area (Å²) in [5.74, 6) is 2.92. The zero-order valence-electron chi connectivity index (χ0n) is 12.6. The summed E-state index contributed by atoms with van der Waals surface area (Å²) in [6.45, 7) is 9.61. The Hall–Kier alpha value is -2.36. The molecule has 0 radical (unpaired) electrons. The van der Waals surface area contributed by atoms with Crippen molar-refractivity contribution in [1.29, 1.82) is 0 Å². The third kappa shape index (κ3) is 4.60. The lowest BCUT2D eigenvalue weighted by atomic mass is 10.2. The minimum atomic E-state index is 0.560. The molecule has 2 N–H and O–H groups in total. The third-order valence-electron chi connectivity index (χ3n) is 2.88. The normalized spacial score (nSPS) is 10.4. The molecule has 0 bridgehead atoms. The molecule has 2 rings (SSSR count). The molecule has 0 saturated carbocycles. The Morgan fingerprint density at radius 3 is 2.38 bits per heavy atom. The highest BCUT2D eigenvalue weighted by Crippen LogP contribution is 2.20. The van der Waals surface area contributed by atoms with Gasteiger partial charge < -0.3 is 10.6 Å². The summed E-state index contributed by atoms with van der Waals surface area (Å²) >= 11 is 0. The molecule has 0 aliphatic carbocycles. The quantitative estimate of drug-likeness (QED) is 0.758. The number of nitrogens with zero attached hydrogens (tertiary/aromatic N) is 2. The van der Waals surface area contributed by atoms with Gasteiger partial charge in [0, 0.05) is 24.7 Å². The van der Waals surface area contributed by atoms with E-state index < -0.39 is 0 Å². The predicted octanol–water partition coefficient (Wildman–Crippen LogP) is 3.81. The maximum Gasteiger partial charge on any atom is 0.163 e. The molecule has 0 amide bonds. The first-order valence-electron chi connectivity index (χ1n) is 7.22. The number of rotatable bonds is 7. The molecule has 110 valence electrons. The monoisotopic (exact) mass is 282 g/mol. The number of hydrogen-bond acceptors (Lipinski definition) is 4. The van der Waals surface area contributed by atoms with Gasteiger partial charge in [-0.3, -0.25) is 0 Å². The second-order valence-corrected chi connectivity index (χ2v) is 5.27. The zero-order valence-corrected chi connectivity index (χ0v) is 12.6. The zero-order chi connectivity index (χ0) is 15.1. The minimum Gasteiger partial charge on any atom is -0.370 e. The van der Waals surface area contributed by atoms with Crippen molar-refractivity contribution >= 4 is 11.6 Å². The molecule has 0 aliphatic heterocycles. The minimum absolute atomic E-state index is 0.560. The molecule has 0 saturated heterocycles. The Morgan fingerprint density at radius 1 is 1.10 bits per heavy atom. The van der Waals surface area contributed by atoms with Gasteiger partial charge in [-0.2, -0.15) is 0 Å². The first-order valence-corrected chi connectivity index (χ1v) is 7.22. The molecule has 21 heavy (non-hydrogen) atoms.